The van der Waals surface area contributed by atoms with Crippen molar-refractivity contribution < 1.29 is 22.4 Å². The average Bonchev–Trinajstić information content (AvgIpc) is 0.918. The maximum Gasteiger partial charge on any atom is 1.00 e. The fraction of sp³-hybridized carbons (Fsp3) is 0.500. The normalized spacial score (nSPS) is 4.50. The molecule has 0 rings (SSSR count). The minimum atomic E-state index is 0. The van der Waals surface area contributed by atoms with Crippen LogP contribution >= 0.6 is 0 Å². The van der Waals surface area contributed by atoms with Crippen molar-refractivity contribution in [2.75, 3.05) is 6.54 Å². The van der Waals surface area contributed by atoms with Gasteiger partial charge < -0.3 is 12.7 Å². The first kappa shape index (κ1) is 8.83. The summed E-state index contributed by atoms with van der Waals surface area (Å²) in [4.78, 5) is 0. The van der Waals surface area contributed by atoms with Gasteiger partial charge in [0, 0.05) is 0 Å². The summed E-state index contributed by atoms with van der Waals surface area (Å²) in [6, 6.07) is 0. The van der Waals surface area contributed by atoms with Crippen LogP contribution in [-0.2, 0) is 22.4 Å². The second-order valence-corrected chi connectivity index (χ2v) is 0.289. The van der Waals surface area contributed by atoms with E-state index in [2.05, 4.69) is 6.92 Å². The van der Waals surface area contributed by atoms with Crippen molar-refractivity contribution in [1.82, 2.24) is 0 Å². The summed E-state index contributed by atoms with van der Waals surface area (Å²) in [5.41, 5.74) is 4.74. The summed E-state index contributed by atoms with van der Waals surface area (Å²) in [6.07, 6.45) is 0. The fourth-order valence-corrected chi connectivity index (χ4v) is 0. The summed E-state index contributed by atoms with van der Waals surface area (Å²) >= 11 is 0. The van der Waals surface area contributed by atoms with Gasteiger partial charge in [0.25, 0.3) is 0 Å². The van der Waals surface area contributed by atoms with Crippen molar-refractivity contribution in [3.05, 3.63) is 6.92 Å². The molecule has 0 fully saturated rings. The Morgan fingerprint density at radius 3 is 1.75 bits per heavy atom. The number of hydrogen-bond donors (Lipinski definition) is 1. The van der Waals surface area contributed by atoms with E-state index in [1.165, 1.54) is 0 Å². The maximum atomic E-state index is 4.74. The van der Waals surface area contributed by atoms with Gasteiger partial charge in [-0.25, -0.2) is 0 Å². The average molecular weight is 152 g/mol. The van der Waals surface area contributed by atoms with Crippen LogP contribution in [0.5, 0.6) is 0 Å². The molecule has 0 aromatic heterocycles. The summed E-state index contributed by atoms with van der Waals surface area (Å²) < 4.78 is 0. The van der Waals surface area contributed by atoms with Crippen LogP contribution in [0.25, 0.3) is 0 Å². The van der Waals surface area contributed by atoms with Gasteiger partial charge in [-0.3, -0.25) is 0 Å². The minimum absolute atomic E-state index is 0. The van der Waals surface area contributed by atoms with Crippen LogP contribution in [0, 0.1) is 6.92 Å². The molecule has 2 N–H and O–H groups in total. The zero-order chi connectivity index (χ0) is 2.71. The third-order valence-corrected chi connectivity index (χ3v) is 0. The summed E-state index contributed by atoms with van der Waals surface area (Å²) in [7, 11) is 0. The molecule has 0 aliphatic carbocycles. The van der Waals surface area contributed by atoms with Gasteiger partial charge in [-0.05, 0) is 0 Å². The Morgan fingerprint density at radius 1 is 1.75 bits per heavy atom. The molecular weight excluding hydrogens is 146 g/mol. The van der Waals surface area contributed by atoms with E-state index in [9.17, 15) is 0 Å². The third kappa shape index (κ3) is 15.9. The van der Waals surface area contributed by atoms with E-state index in [-0.39, 0.29) is 22.4 Å². The van der Waals surface area contributed by atoms with E-state index >= 15 is 0 Å². The molecular formula is C2H6AgN. The predicted molar refractivity (Wildman–Crippen MR) is 14.4 cm³/mol. The van der Waals surface area contributed by atoms with Crippen LogP contribution in [0.4, 0.5) is 0 Å². The molecule has 0 aromatic rings. The Morgan fingerprint density at radius 2 is 1.75 bits per heavy atom. The Bertz CT molecular complexity index is 6.00. The number of rotatable bonds is 0. The molecule has 0 bridgehead atoms. The van der Waals surface area contributed by atoms with Crippen LogP contribution < -0.4 is 5.73 Å². The quantitative estimate of drug-likeness (QED) is 0.376. The summed E-state index contributed by atoms with van der Waals surface area (Å²) in [5, 5.41) is 0. The van der Waals surface area contributed by atoms with Crippen LogP contribution in [0.3, 0.4) is 0 Å². The molecule has 0 saturated heterocycles. The molecule has 0 radical (unpaired) electrons. The van der Waals surface area contributed by atoms with E-state index in [4.69, 9.17) is 5.73 Å². The second-order valence-electron chi connectivity index (χ2n) is 0.289. The fourth-order valence-electron chi connectivity index (χ4n) is 0. The molecule has 0 spiro atoms. The molecule has 4 heavy (non-hydrogen) atoms. The van der Waals surface area contributed by atoms with Gasteiger partial charge in [-0.1, -0.05) is 0 Å². The van der Waals surface area contributed by atoms with Crippen molar-refractivity contribution >= 4 is 0 Å². The van der Waals surface area contributed by atoms with E-state index in [1.807, 2.05) is 0 Å². The van der Waals surface area contributed by atoms with Gasteiger partial charge in [-0.2, -0.15) is 0 Å². The molecule has 2 heteroatoms. The second kappa shape index (κ2) is 9.33. The first-order chi connectivity index (χ1) is 1.41. The predicted octanol–water partition coefficient (Wildman–Crippen LogP) is -0.223. The first-order valence-corrected chi connectivity index (χ1v) is 0.908. The van der Waals surface area contributed by atoms with Crippen LogP contribution in [0.1, 0.15) is 0 Å². The Labute approximate surface area is 42.1 Å². The van der Waals surface area contributed by atoms with Gasteiger partial charge in [0.15, 0.2) is 0 Å². The van der Waals surface area contributed by atoms with Gasteiger partial charge >= 0.3 is 22.4 Å². The molecule has 0 aromatic carbocycles. The molecule has 0 aliphatic rings. The molecule has 30 valence electrons. The van der Waals surface area contributed by atoms with E-state index < -0.39 is 0 Å². The molecule has 0 unspecified atom stereocenters. The SMILES string of the molecule is [Ag+].[CH2-]CN. The largest absolute Gasteiger partial charge is 1.00 e. The van der Waals surface area contributed by atoms with Crippen molar-refractivity contribution in [3.63, 3.8) is 0 Å². The molecule has 0 heterocycles. The molecule has 0 amide bonds. The molecule has 0 aliphatic heterocycles. The molecule has 0 atom stereocenters. The summed E-state index contributed by atoms with van der Waals surface area (Å²) in [6.45, 7) is 3.76. The first-order valence-electron chi connectivity index (χ1n) is 0.908. The van der Waals surface area contributed by atoms with Crippen LogP contribution in [0.2, 0.25) is 0 Å². The van der Waals surface area contributed by atoms with E-state index in [0.29, 0.717) is 6.54 Å². The standard InChI is InChI=1S/C2H6N.Ag/c1-2-3;/h1-3H2;/q-1;+1. The Hall–Kier alpha value is 0.700. The van der Waals surface area contributed by atoms with Crippen molar-refractivity contribution in [2.45, 2.75) is 0 Å². The van der Waals surface area contributed by atoms with E-state index in [1.54, 1.807) is 0 Å². The summed E-state index contributed by atoms with van der Waals surface area (Å²) in [5.74, 6) is 0. The Balaban J connectivity index is 0. The Kier molecular flexibility index (Phi) is 20.6. The monoisotopic (exact) mass is 151 g/mol. The number of hydrogen-bond acceptors (Lipinski definition) is 1. The van der Waals surface area contributed by atoms with Gasteiger partial charge in [-0.15, -0.1) is 6.54 Å². The smallest absolute Gasteiger partial charge is 0.360 e. The van der Waals surface area contributed by atoms with Crippen molar-refractivity contribution in [2.24, 2.45) is 5.73 Å². The van der Waals surface area contributed by atoms with E-state index in [0.717, 1.165) is 0 Å². The van der Waals surface area contributed by atoms with Gasteiger partial charge in [0.05, 0.1) is 0 Å². The van der Waals surface area contributed by atoms with Crippen LogP contribution in [0.15, 0.2) is 0 Å². The third-order valence-electron chi connectivity index (χ3n) is 0. The van der Waals surface area contributed by atoms with Gasteiger partial charge in [0.1, 0.15) is 0 Å². The van der Waals surface area contributed by atoms with Crippen molar-refractivity contribution in [1.29, 1.82) is 0 Å². The van der Waals surface area contributed by atoms with Crippen molar-refractivity contribution in [3.8, 4) is 0 Å². The zero-order valence-corrected chi connectivity index (χ0v) is 3.78. The zero-order valence-electron chi connectivity index (χ0n) is 2.29. The topological polar surface area (TPSA) is 26.0 Å². The minimum Gasteiger partial charge on any atom is -0.360 e. The number of nitrogens with two attached hydrogens (primary N) is 1. The molecule has 0 saturated carbocycles. The maximum absolute atomic E-state index is 4.74. The van der Waals surface area contributed by atoms with Crippen LogP contribution in [-0.4, -0.2) is 6.54 Å². The molecule has 1 nitrogen and oxygen atoms in total. The van der Waals surface area contributed by atoms with Gasteiger partial charge in [0.2, 0.25) is 0 Å².